The fourth-order valence-electron chi connectivity index (χ4n) is 5.05. The molecule has 0 spiro atoms. The number of carbonyl (C=O) groups is 2. The minimum Gasteiger partial charge on any atom is -0.481 e. The number of hydrogen-bond acceptors (Lipinski definition) is 3. The van der Waals surface area contributed by atoms with Gasteiger partial charge in [0.15, 0.2) is 0 Å². The maximum absolute atomic E-state index is 13.4. The van der Waals surface area contributed by atoms with Gasteiger partial charge in [-0.3, -0.25) is 9.59 Å². The lowest BCUT2D eigenvalue weighted by molar-refractivity contribution is -0.142. The van der Waals surface area contributed by atoms with E-state index in [1.54, 1.807) is 11.3 Å². The summed E-state index contributed by atoms with van der Waals surface area (Å²) in [7, 11) is 0. The number of hydrogen-bond donors (Lipinski definition) is 2. The molecule has 2 aromatic carbocycles. The lowest BCUT2D eigenvalue weighted by atomic mass is 9.89. The topological polar surface area (TPSA) is 66.4 Å². The number of carboxylic acids is 1. The number of amides is 1. The maximum Gasteiger partial charge on any atom is 0.306 e. The van der Waals surface area contributed by atoms with Crippen LogP contribution >= 0.6 is 11.3 Å². The standard InChI is InChI=1S/C29H33NO3S/c1-19-26(18-21-14-16-23(17-15-21)22-8-4-3-5-9-22)27(20(2)34-19)28(31)30-25-12-6-10-24(29(32)33)11-7-13-25/h3-5,8-9,14-17,24-25H,6-7,10-13,18H2,1-2H3,(H,30,31)(H,32,33). The SMILES string of the molecule is Cc1sc(C)c(C(=O)NC2CCCC(C(=O)O)CCC2)c1Cc1ccc(-c2ccccc2)cc1. The Kier molecular flexibility index (Phi) is 7.84. The van der Waals surface area contributed by atoms with Crippen molar-refractivity contribution in [2.24, 2.45) is 5.92 Å². The van der Waals surface area contributed by atoms with Gasteiger partial charge in [-0.2, -0.15) is 0 Å². The van der Waals surface area contributed by atoms with Crippen molar-refractivity contribution in [1.29, 1.82) is 0 Å². The molecule has 4 rings (SSSR count). The first kappa shape index (κ1) is 24.2. The molecule has 4 nitrogen and oxygen atoms in total. The molecule has 1 aromatic heterocycles. The summed E-state index contributed by atoms with van der Waals surface area (Å²) < 4.78 is 0. The van der Waals surface area contributed by atoms with Crippen LogP contribution in [0.5, 0.6) is 0 Å². The summed E-state index contributed by atoms with van der Waals surface area (Å²) in [5.74, 6) is -0.912. The van der Waals surface area contributed by atoms with Crippen molar-refractivity contribution in [3.63, 3.8) is 0 Å². The molecule has 0 aliphatic heterocycles. The predicted molar refractivity (Wildman–Crippen MR) is 139 cm³/mol. The summed E-state index contributed by atoms with van der Waals surface area (Å²) in [6, 6.07) is 19.1. The van der Waals surface area contributed by atoms with E-state index in [1.807, 2.05) is 25.1 Å². The van der Waals surface area contributed by atoms with Crippen LogP contribution < -0.4 is 5.32 Å². The molecule has 178 valence electrons. The smallest absolute Gasteiger partial charge is 0.306 e. The molecule has 1 aliphatic rings. The van der Waals surface area contributed by atoms with Gasteiger partial charge in [-0.1, -0.05) is 67.4 Å². The van der Waals surface area contributed by atoms with Gasteiger partial charge in [-0.25, -0.2) is 0 Å². The van der Waals surface area contributed by atoms with Crippen LogP contribution in [0.1, 0.15) is 69.8 Å². The minimum atomic E-state index is -0.687. The molecule has 0 unspecified atom stereocenters. The first-order valence-electron chi connectivity index (χ1n) is 12.2. The van der Waals surface area contributed by atoms with E-state index in [4.69, 9.17) is 0 Å². The van der Waals surface area contributed by atoms with E-state index >= 15 is 0 Å². The molecule has 0 atom stereocenters. The fourth-order valence-corrected chi connectivity index (χ4v) is 6.12. The molecule has 1 heterocycles. The van der Waals surface area contributed by atoms with Gasteiger partial charge in [-0.15, -0.1) is 11.3 Å². The van der Waals surface area contributed by atoms with Gasteiger partial charge >= 0.3 is 5.97 Å². The van der Waals surface area contributed by atoms with E-state index in [-0.39, 0.29) is 17.9 Å². The number of thiophene rings is 1. The molecule has 34 heavy (non-hydrogen) atoms. The van der Waals surface area contributed by atoms with Crippen LogP contribution in [-0.4, -0.2) is 23.0 Å². The van der Waals surface area contributed by atoms with Gasteiger partial charge in [-0.05, 0) is 68.2 Å². The van der Waals surface area contributed by atoms with Crippen LogP contribution in [0.4, 0.5) is 0 Å². The number of carboxylic acid groups (broad SMARTS) is 1. The summed E-state index contributed by atoms with van der Waals surface area (Å²) in [6.07, 6.45) is 5.49. The summed E-state index contributed by atoms with van der Waals surface area (Å²) in [5.41, 5.74) is 5.52. The van der Waals surface area contributed by atoms with E-state index in [2.05, 4.69) is 48.6 Å². The summed E-state index contributed by atoms with van der Waals surface area (Å²) in [4.78, 5) is 26.9. The van der Waals surface area contributed by atoms with E-state index in [0.717, 1.165) is 48.1 Å². The van der Waals surface area contributed by atoms with Crippen LogP contribution in [0, 0.1) is 19.8 Å². The first-order chi connectivity index (χ1) is 16.4. The average Bonchev–Trinajstić information content (AvgIpc) is 3.09. The molecule has 3 aromatic rings. The van der Waals surface area contributed by atoms with E-state index in [0.29, 0.717) is 12.8 Å². The van der Waals surface area contributed by atoms with E-state index < -0.39 is 5.97 Å². The van der Waals surface area contributed by atoms with Crippen molar-refractivity contribution in [1.82, 2.24) is 5.32 Å². The monoisotopic (exact) mass is 475 g/mol. The number of aliphatic carboxylic acids is 1. The van der Waals surface area contributed by atoms with E-state index in [1.165, 1.54) is 21.6 Å². The zero-order valence-electron chi connectivity index (χ0n) is 20.0. The molecule has 2 N–H and O–H groups in total. The second-order valence-electron chi connectivity index (χ2n) is 9.38. The van der Waals surface area contributed by atoms with Gasteiger partial charge in [0, 0.05) is 15.8 Å². The van der Waals surface area contributed by atoms with Gasteiger partial charge in [0.25, 0.3) is 5.91 Å². The highest BCUT2D eigenvalue weighted by Crippen LogP contribution is 2.31. The van der Waals surface area contributed by atoms with Gasteiger partial charge < -0.3 is 10.4 Å². The second-order valence-corrected chi connectivity index (χ2v) is 10.8. The molecule has 1 aliphatic carbocycles. The van der Waals surface area contributed by atoms with E-state index in [9.17, 15) is 14.7 Å². The van der Waals surface area contributed by atoms with Gasteiger partial charge in [0.2, 0.25) is 0 Å². The third-order valence-electron chi connectivity index (χ3n) is 6.95. The third-order valence-corrected chi connectivity index (χ3v) is 8.01. The normalized spacial score (nSPS) is 18.6. The Hall–Kier alpha value is -2.92. The Morgan fingerprint density at radius 3 is 2.12 bits per heavy atom. The Morgan fingerprint density at radius 2 is 1.50 bits per heavy atom. The molecule has 1 fully saturated rings. The summed E-state index contributed by atoms with van der Waals surface area (Å²) >= 11 is 1.69. The number of carbonyl (C=O) groups excluding carboxylic acids is 1. The van der Waals surface area contributed by atoms with Crippen LogP contribution in [-0.2, 0) is 11.2 Å². The Bertz CT molecular complexity index is 1120. The molecule has 0 saturated heterocycles. The average molecular weight is 476 g/mol. The highest BCUT2D eigenvalue weighted by atomic mass is 32.1. The van der Waals surface area contributed by atoms with Crippen LogP contribution in [0.3, 0.4) is 0 Å². The summed E-state index contributed by atoms with van der Waals surface area (Å²) in [6.45, 7) is 4.13. The van der Waals surface area contributed by atoms with Gasteiger partial charge in [0.1, 0.15) is 0 Å². The largest absolute Gasteiger partial charge is 0.481 e. The van der Waals surface area contributed by atoms with Crippen molar-refractivity contribution in [3.05, 3.63) is 81.0 Å². The molecular weight excluding hydrogens is 442 g/mol. The van der Waals surface area contributed by atoms with Crippen molar-refractivity contribution >= 4 is 23.2 Å². The molecule has 0 bridgehead atoms. The number of benzene rings is 2. The Morgan fingerprint density at radius 1 is 0.882 bits per heavy atom. The molecule has 1 saturated carbocycles. The van der Waals surface area contributed by atoms with Crippen molar-refractivity contribution in [3.8, 4) is 11.1 Å². The predicted octanol–water partition coefficient (Wildman–Crippen LogP) is 6.78. The molecule has 5 heteroatoms. The van der Waals surface area contributed by atoms with Crippen molar-refractivity contribution in [2.45, 2.75) is 64.8 Å². The molecule has 1 amide bonds. The zero-order chi connectivity index (χ0) is 24.1. The first-order valence-corrected chi connectivity index (χ1v) is 13.0. The quantitative estimate of drug-likeness (QED) is 0.413. The van der Waals surface area contributed by atoms with Crippen LogP contribution in [0.2, 0.25) is 0 Å². The second kappa shape index (κ2) is 11.0. The number of aryl methyl sites for hydroxylation is 2. The zero-order valence-corrected chi connectivity index (χ0v) is 20.8. The third kappa shape index (κ3) is 5.76. The highest BCUT2D eigenvalue weighted by Gasteiger charge is 2.25. The van der Waals surface area contributed by atoms with Crippen molar-refractivity contribution < 1.29 is 14.7 Å². The number of rotatable bonds is 6. The maximum atomic E-state index is 13.4. The Labute approximate surface area is 206 Å². The lowest BCUT2D eigenvalue weighted by Gasteiger charge is -2.24. The fraction of sp³-hybridized carbons (Fsp3) is 0.379. The minimum absolute atomic E-state index is 0.0121. The van der Waals surface area contributed by atoms with Crippen LogP contribution in [0.25, 0.3) is 11.1 Å². The van der Waals surface area contributed by atoms with Crippen molar-refractivity contribution in [2.75, 3.05) is 0 Å². The molecule has 0 radical (unpaired) electrons. The number of nitrogens with one attached hydrogen (secondary N) is 1. The lowest BCUT2D eigenvalue weighted by Crippen LogP contribution is -2.36. The molecular formula is C29H33NO3S. The summed E-state index contributed by atoms with van der Waals surface area (Å²) in [5, 5.41) is 12.6. The Balaban J connectivity index is 1.45. The highest BCUT2D eigenvalue weighted by molar-refractivity contribution is 7.12. The van der Waals surface area contributed by atoms with Gasteiger partial charge in [0.05, 0.1) is 11.5 Å². The van der Waals surface area contributed by atoms with Crippen LogP contribution in [0.15, 0.2) is 54.6 Å².